The molecule has 0 bridgehead atoms. The van der Waals surface area contributed by atoms with Gasteiger partial charge in [-0.15, -0.1) is 0 Å². The molecule has 2 aromatic rings. The van der Waals surface area contributed by atoms with E-state index in [1.165, 1.54) is 0 Å². The Bertz CT molecular complexity index is 851. The quantitative estimate of drug-likeness (QED) is 0.644. The van der Waals surface area contributed by atoms with E-state index in [1.54, 1.807) is 0 Å². The Hall–Kier alpha value is -1.91. The maximum Gasteiger partial charge on any atom is 0.494 e. The average molecular weight is 320 g/mol. The van der Waals surface area contributed by atoms with E-state index in [4.69, 9.17) is 9.31 Å². The molecule has 122 valence electrons. The first-order chi connectivity index (χ1) is 11.2. The third kappa shape index (κ3) is 2.10. The molecule has 2 aromatic carbocycles. The number of ketones is 1. The van der Waals surface area contributed by atoms with Gasteiger partial charge in [0.25, 0.3) is 0 Å². The SMILES string of the molecule is Cc1ccc2c(c1)C(=O)c1cc(B3OC(C)(C)C(C)(C)O3)ccc1-2. The Labute approximate surface area is 143 Å². The first-order valence-corrected chi connectivity index (χ1v) is 8.35. The molecule has 24 heavy (non-hydrogen) atoms. The van der Waals surface area contributed by atoms with Gasteiger partial charge < -0.3 is 9.31 Å². The summed E-state index contributed by atoms with van der Waals surface area (Å²) in [6.07, 6.45) is 0. The van der Waals surface area contributed by atoms with Gasteiger partial charge in [-0.05, 0) is 57.3 Å². The number of carbonyl (C=O) groups excluding carboxylic acids is 1. The zero-order chi connectivity index (χ0) is 17.3. The van der Waals surface area contributed by atoms with Crippen LogP contribution >= 0.6 is 0 Å². The summed E-state index contributed by atoms with van der Waals surface area (Å²) >= 11 is 0. The van der Waals surface area contributed by atoms with E-state index < -0.39 is 7.12 Å². The fourth-order valence-corrected chi connectivity index (χ4v) is 3.34. The van der Waals surface area contributed by atoms with Crippen molar-refractivity contribution < 1.29 is 14.1 Å². The highest BCUT2D eigenvalue weighted by atomic mass is 16.7. The monoisotopic (exact) mass is 320 g/mol. The molecule has 3 nitrogen and oxygen atoms in total. The summed E-state index contributed by atoms with van der Waals surface area (Å²) in [5.41, 5.74) is 4.75. The van der Waals surface area contributed by atoms with Crippen molar-refractivity contribution >= 4 is 18.4 Å². The fraction of sp³-hybridized carbons (Fsp3) is 0.350. The van der Waals surface area contributed by atoms with E-state index in [2.05, 4.69) is 0 Å². The number of rotatable bonds is 1. The molecule has 0 aromatic heterocycles. The predicted molar refractivity (Wildman–Crippen MR) is 95.8 cm³/mol. The van der Waals surface area contributed by atoms with E-state index in [0.717, 1.165) is 33.3 Å². The number of hydrogen-bond donors (Lipinski definition) is 0. The normalized spacial score (nSPS) is 20.2. The molecule has 2 aliphatic rings. The molecule has 0 radical (unpaired) electrons. The second kappa shape index (κ2) is 4.81. The van der Waals surface area contributed by atoms with Gasteiger partial charge in [0.1, 0.15) is 0 Å². The van der Waals surface area contributed by atoms with Crippen LogP contribution in [0, 0.1) is 6.92 Å². The molecule has 4 heteroatoms. The van der Waals surface area contributed by atoms with Crippen LogP contribution in [0.5, 0.6) is 0 Å². The second-order valence-corrected chi connectivity index (χ2v) is 7.77. The minimum Gasteiger partial charge on any atom is -0.399 e. The number of aryl methyl sites for hydroxylation is 1. The highest BCUT2D eigenvalue weighted by molar-refractivity contribution is 6.62. The lowest BCUT2D eigenvalue weighted by Crippen LogP contribution is -2.41. The first-order valence-electron chi connectivity index (χ1n) is 8.35. The van der Waals surface area contributed by atoms with Crippen molar-refractivity contribution in [2.24, 2.45) is 0 Å². The zero-order valence-electron chi connectivity index (χ0n) is 14.8. The fourth-order valence-electron chi connectivity index (χ4n) is 3.34. The van der Waals surface area contributed by atoms with Gasteiger partial charge in [-0.1, -0.05) is 35.9 Å². The maximum absolute atomic E-state index is 12.8. The van der Waals surface area contributed by atoms with Crippen LogP contribution < -0.4 is 5.46 Å². The van der Waals surface area contributed by atoms with Crippen LogP contribution in [0.25, 0.3) is 11.1 Å². The lowest BCUT2D eigenvalue weighted by Gasteiger charge is -2.32. The summed E-state index contributed by atoms with van der Waals surface area (Å²) in [7, 11) is -0.446. The molecule has 4 rings (SSSR count). The predicted octanol–water partition coefficient (Wildman–Crippen LogP) is 3.51. The molecule has 0 N–H and O–H groups in total. The summed E-state index contributed by atoms with van der Waals surface area (Å²) < 4.78 is 12.2. The molecule has 1 aliphatic carbocycles. The number of hydrogen-bond acceptors (Lipinski definition) is 3. The smallest absolute Gasteiger partial charge is 0.399 e. The molecule has 0 spiro atoms. The van der Waals surface area contributed by atoms with Gasteiger partial charge in [0.05, 0.1) is 11.2 Å². The Morgan fingerprint density at radius 1 is 0.792 bits per heavy atom. The summed E-state index contributed by atoms with van der Waals surface area (Å²) in [6.45, 7) is 10.1. The lowest BCUT2D eigenvalue weighted by atomic mass is 9.77. The van der Waals surface area contributed by atoms with Crippen molar-refractivity contribution in [1.82, 2.24) is 0 Å². The largest absolute Gasteiger partial charge is 0.494 e. The van der Waals surface area contributed by atoms with E-state index in [0.29, 0.717) is 0 Å². The van der Waals surface area contributed by atoms with E-state index in [9.17, 15) is 4.79 Å². The Balaban J connectivity index is 1.75. The van der Waals surface area contributed by atoms with Crippen LogP contribution in [0.4, 0.5) is 0 Å². The first kappa shape index (κ1) is 15.6. The molecule has 0 saturated carbocycles. The van der Waals surface area contributed by atoms with Crippen molar-refractivity contribution in [3.63, 3.8) is 0 Å². The average Bonchev–Trinajstić information content (AvgIpc) is 2.90. The molecule has 1 fully saturated rings. The zero-order valence-corrected chi connectivity index (χ0v) is 14.8. The van der Waals surface area contributed by atoms with Crippen LogP contribution in [-0.2, 0) is 9.31 Å². The minimum atomic E-state index is -0.446. The number of benzene rings is 2. The van der Waals surface area contributed by atoms with E-state index in [1.807, 2.05) is 71.0 Å². The highest BCUT2D eigenvalue weighted by Crippen LogP contribution is 2.39. The van der Waals surface area contributed by atoms with Crippen molar-refractivity contribution in [3.05, 3.63) is 53.1 Å². The van der Waals surface area contributed by atoms with E-state index >= 15 is 0 Å². The molecule has 1 aliphatic heterocycles. The van der Waals surface area contributed by atoms with Gasteiger partial charge in [-0.25, -0.2) is 0 Å². The topological polar surface area (TPSA) is 35.5 Å². The third-order valence-electron chi connectivity index (χ3n) is 5.52. The van der Waals surface area contributed by atoms with Gasteiger partial charge >= 0.3 is 7.12 Å². The minimum absolute atomic E-state index is 0.0852. The van der Waals surface area contributed by atoms with Crippen LogP contribution in [-0.4, -0.2) is 24.1 Å². The number of fused-ring (bicyclic) bond motifs is 3. The third-order valence-corrected chi connectivity index (χ3v) is 5.52. The second-order valence-electron chi connectivity index (χ2n) is 7.77. The summed E-state index contributed by atoms with van der Waals surface area (Å²) in [5, 5.41) is 0. The van der Waals surface area contributed by atoms with Crippen LogP contribution in [0.15, 0.2) is 36.4 Å². The van der Waals surface area contributed by atoms with Gasteiger partial charge in [0.15, 0.2) is 5.78 Å². The van der Waals surface area contributed by atoms with Crippen molar-refractivity contribution in [2.75, 3.05) is 0 Å². The van der Waals surface area contributed by atoms with Crippen molar-refractivity contribution in [1.29, 1.82) is 0 Å². The van der Waals surface area contributed by atoms with Crippen LogP contribution in [0.2, 0.25) is 0 Å². The van der Waals surface area contributed by atoms with Crippen LogP contribution in [0.3, 0.4) is 0 Å². The van der Waals surface area contributed by atoms with Gasteiger partial charge in [-0.2, -0.15) is 0 Å². The summed E-state index contributed by atoms with van der Waals surface area (Å²) in [5.74, 6) is 0.0852. The molecule has 0 amide bonds. The molecular formula is C20H21BO3. The molecule has 1 saturated heterocycles. The Morgan fingerprint density at radius 3 is 1.96 bits per heavy atom. The van der Waals surface area contributed by atoms with Crippen LogP contribution in [0.1, 0.15) is 49.2 Å². The Kier molecular flexibility index (Phi) is 3.13. The number of carbonyl (C=O) groups is 1. The lowest BCUT2D eigenvalue weighted by molar-refractivity contribution is 0.00578. The summed E-state index contributed by atoms with van der Waals surface area (Å²) in [6, 6.07) is 12.0. The standard InChI is InChI=1S/C20H21BO3/c1-12-6-8-14-15-9-7-13(11-17(15)18(22)16(14)10-12)21-23-19(2,3)20(4,5)24-21/h6-11H,1-5H3. The van der Waals surface area contributed by atoms with Gasteiger partial charge in [-0.3, -0.25) is 4.79 Å². The molecular weight excluding hydrogens is 299 g/mol. The maximum atomic E-state index is 12.8. The Morgan fingerprint density at radius 2 is 1.33 bits per heavy atom. The van der Waals surface area contributed by atoms with E-state index in [-0.39, 0.29) is 17.0 Å². The van der Waals surface area contributed by atoms with Crippen molar-refractivity contribution in [3.8, 4) is 11.1 Å². The molecule has 0 atom stereocenters. The highest BCUT2D eigenvalue weighted by Gasteiger charge is 2.51. The van der Waals surface area contributed by atoms with Gasteiger partial charge in [0.2, 0.25) is 0 Å². The molecule has 1 heterocycles. The van der Waals surface area contributed by atoms with Crippen molar-refractivity contribution in [2.45, 2.75) is 45.8 Å². The molecule has 0 unspecified atom stereocenters. The van der Waals surface area contributed by atoms with Gasteiger partial charge in [0, 0.05) is 11.1 Å². The summed E-state index contributed by atoms with van der Waals surface area (Å²) in [4.78, 5) is 12.8.